The summed E-state index contributed by atoms with van der Waals surface area (Å²) in [5.74, 6) is 0.337. The Balaban J connectivity index is 2.45. The first-order valence-electron chi connectivity index (χ1n) is 4.63. The Bertz CT molecular complexity index is 273. The van der Waals surface area contributed by atoms with E-state index in [9.17, 15) is 8.42 Å². The molecule has 0 aromatic carbocycles. The van der Waals surface area contributed by atoms with E-state index in [1.54, 1.807) is 0 Å². The van der Waals surface area contributed by atoms with Crippen LogP contribution in [0.15, 0.2) is 0 Å². The second kappa shape index (κ2) is 3.89. The Morgan fingerprint density at radius 1 is 1.54 bits per heavy atom. The molecule has 0 radical (unpaired) electrons. The fraction of sp³-hybridized carbons (Fsp3) is 1.00. The SMILES string of the molecule is CC1(CCS(C)(=O)=O)CCC(Br)C1. The van der Waals surface area contributed by atoms with Gasteiger partial charge >= 0.3 is 0 Å². The maximum absolute atomic E-state index is 11.0. The van der Waals surface area contributed by atoms with Crippen molar-refractivity contribution in [3.63, 3.8) is 0 Å². The summed E-state index contributed by atoms with van der Waals surface area (Å²) in [6.45, 7) is 2.19. The van der Waals surface area contributed by atoms with Gasteiger partial charge < -0.3 is 0 Å². The molecule has 0 saturated heterocycles. The van der Waals surface area contributed by atoms with Crippen LogP contribution in [0, 0.1) is 5.41 Å². The molecule has 1 aliphatic carbocycles. The quantitative estimate of drug-likeness (QED) is 0.737. The van der Waals surface area contributed by atoms with E-state index in [1.165, 1.54) is 12.7 Å². The van der Waals surface area contributed by atoms with Gasteiger partial charge in [0.1, 0.15) is 9.84 Å². The van der Waals surface area contributed by atoms with Gasteiger partial charge in [0.15, 0.2) is 0 Å². The normalized spacial score (nSPS) is 35.2. The highest BCUT2D eigenvalue weighted by molar-refractivity contribution is 9.09. The Labute approximate surface area is 89.1 Å². The summed E-state index contributed by atoms with van der Waals surface area (Å²) < 4.78 is 22.0. The summed E-state index contributed by atoms with van der Waals surface area (Å²) in [6.07, 6.45) is 5.58. The molecule has 0 aromatic rings. The molecule has 0 bridgehead atoms. The number of rotatable bonds is 3. The molecule has 1 fully saturated rings. The summed E-state index contributed by atoms with van der Waals surface area (Å²) in [5.41, 5.74) is 0.247. The minimum Gasteiger partial charge on any atom is -0.229 e. The van der Waals surface area contributed by atoms with Gasteiger partial charge in [0.05, 0.1) is 5.75 Å². The second-order valence-corrected chi connectivity index (χ2v) is 8.09. The first-order valence-corrected chi connectivity index (χ1v) is 7.60. The molecule has 2 atom stereocenters. The summed E-state index contributed by atoms with van der Waals surface area (Å²) >= 11 is 3.58. The van der Waals surface area contributed by atoms with Gasteiger partial charge in [0.2, 0.25) is 0 Å². The molecular formula is C9H17BrO2S. The topological polar surface area (TPSA) is 34.1 Å². The van der Waals surface area contributed by atoms with E-state index >= 15 is 0 Å². The maximum Gasteiger partial charge on any atom is 0.147 e. The molecule has 0 aromatic heterocycles. The van der Waals surface area contributed by atoms with Crippen LogP contribution < -0.4 is 0 Å². The molecule has 0 heterocycles. The van der Waals surface area contributed by atoms with Crippen LogP contribution in [0.3, 0.4) is 0 Å². The van der Waals surface area contributed by atoms with Crippen molar-refractivity contribution >= 4 is 25.8 Å². The predicted molar refractivity (Wildman–Crippen MR) is 59.0 cm³/mol. The summed E-state index contributed by atoms with van der Waals surface area (Å²) in [6, 6.07) is 0. The summed E-state index contributed by atoms with van der Waals surface area (Å²) in [5, 5.41) is 0. The second-order valence-electron chi connectivity index (χ2n) is 4.53. The monoisotopic (exact) mass is 268 g/mol. The lowest BCUT2D eigenvalue weighted by Crippen LogP contribution is -2.17. The highest BCUT2D eigenvalue weighted by atomic mass is 79.9. The van der Waals surface area contributed by atoms with Crippen LogP contribution in [0.4, 0.5) is 0 Å². The maximum atomic E-state index is 11.0. The van der Waals surface area contributed by atoms with Gasteiger partial charge in [-0.25, -0.2) is 8.42 Å². The Hall–Kier alpha value is 0.430. The van der Waals surface area contributed by atoms with Crippen molar-refractivity contribution in [1.82, 2.24) is 0 Å². The van der Waals surface area contributed by atoms with E-state index in [2.05, 4.69) is 22.9 Å². The van der Waals surface area contributed by atoms with Crippen molar-refractivity contribution in [2.45, 2.75) is 37.4 Å². The van der Waals surface area contributed by atoms with Gasteiger partial charge in [0.25, 0.3) is 0 Å². The molecule has 0 aliphatic heterocycles. The molecular weight excluding hydrogens is 252 g/mol. The van der Waals surface area contributed by atoms with Gasteiger partial charge in [-0.3, -0.25) is 0 Å². The van der Waals surface area contributed by atoms with E-state index in [4.69, 9.17) is 0 Å². The van der Waals surface area contributed by atoms with E-state index in [0.29, 0.717) is 10.6 Å². The van der Waals surface area contributed by atoms with E-state index in [0.717, 1.165) is 19.3 Å². The van der Waals surface area contributed by atoms with Gasteiger partial charge in [-0.1, -0.05) is 22.9 Å². The number of hydrogen-bond donors (Lipinski definition) is 0. The molecule has 2 nitrogen and oxygen atoms in total. The molecule has 4 heteroatoms. The van der Waals surface area contributed by atoms with E-state index < -0.39 is 9.84 Å². The molecule has 1 aliphatic rings. The van der Waals surface area contributed by atoms with Crippen molar-refractivity contribution in [2.75, 3.05) is 12.0 Å². The molecule has 1 rings (SSSR count). The van der Waals surface area contributed by atoms with Crippen LogP contribution in [0.1, 0.15) is 32.6 Å². The largest absolute Gasteiger partial charge is 0.229 e. The van der Waals surface area contributed by atoms with Crippen LogP contribution in [0.5, 0.6) is 0 Å². The highest BCUT2D eigenvalue weighted by Crippen LogP contribution is 2.43. The highest BCUT2D eigenvalue weighted by Gasteiger charge is 2.34. The number of hydrogen-bond acceptors (Lipinski definition) is 2. The van der Waals surface area contributed by atoms with Crippen molar-refractivity contribution in [3.05, 3.63) is 0 Å². The fourth-order valence-corrected chi connectivity index (χ4v) is 3.78. The predicted octanol–water partition coefficient (Wildman–Crippen LogP) is 2.37. The van der Waals surface area contributed by atoms with Gasteiger partial charge in [-0.2, -0.15) is 0 Å². The third-order valence-electron chi connectivity index (χ3n) is 2.85. The van der Waals surface area contributed by atoms with Gasteiger partial charge in [-0.05, 0) is 31.1 Å². The first kappa shape index (κ1) is 11.5. The van der Waals surface area contributed by atoms with Gasteiger partial charge in [-0.15, -0.1) is 0 Å². The molecule has 2 unspecified atom stereocenters. The Morgan fingerprint density at radius 3 is 2.54 bits per heavy atom. The number of sulfone groups is 1. The Morgan fingerprint density at radius 2 is 2.15 bits per heavy atom. The molecule has 0 spiro atoms. The first-order chi connectivity index (χ1) is 5.81. The van der Waals surface area contributed by atoms with Crippen molar-refractivity contribution < 1.29 is 8.42 Å². The lowest BCUT2D eigenvalue weighted by atomic mass is 9.86. The average molecular weight is 269 g/mol. The zero-order valence-corrected chi connectivity index (χ0v) is 10.6. The lowest BCUT2D eigenvalue weighted by molar-refractivity contribution is 0.325. The van der Waals surface area contributed by atoms with Crippen LogP contribution in [-0.4, -0.2) is 25.3 Å². The summed E-state index contributed by atoms with van der Waals surface area (Å²) in [7, 11) is -2.78. The van der Waals surface area contributed by atoms with Crippen LogP contribution in [-0.2, 0) is 9.84 Å². The minimum atomic E-state index is -2.78. The average Bonchev–Trinajstić information content (AvgIpc) is 2.27. The number of alkyl halides is 1. The molecule has 1 saturated carbocycles. The lowest BCUT2D eigenvalue weighted by Gasteiger charge is -2.22. The van der Waals surface area contributed by atoms with Crippen LogP contribution in [0.2, 0.25) is 0 Å². The van der Waals surface area contributed by atoms with Crippen LogP contribution in [0.25, 0.3) is 0 Å². The Kier molecular flexibility index (Phi) is 3.44. The molecule has 0 N–H and O–H groups in total. The fourth-order valence-electron chi connectivity index (χ4n) is 1.90. The van der Waals surface area contributed by atoms with Gasteiger partial charge in [0, 0.05) is 11.1 Å². The third kappa shape index (κ3) is 3.98. The third-order valence-corrected chi connectivity index (χ3v) is 4.58. The summed E-state index contributed by atoms with van der Waals surface area (Å²) in [4.78, 5) is 0.595. The van der Waals surface area contributed by atoms with E-state index in [1.807, 2.05) is 0 Å². The van der Waals surface area contributed by atoms with Crippen LogP contribution >= 0.6 is 15.9 Å². The zero-order valence-electron chi connectivity index (χ0n) is 8.22. The van der Waals surface area contributed by atoms with Crippen molar-refractivity contribution in [3.8, 4) is 0 Å². The zero-order chi connectivity index (χ0) is 10.1. The standard InChI is InChI=1S/C9H17BrO2S/c1-9(4-3-8(10)7-9)5-6-13(2,11)12/h8H,3-7H2,1-2H3. The van der Waals surface area contributed by atoms with Crippen molar-refractivity contribution in [1.29, 1.82) is 0 Å². The smallest absolute Gasteiger partial charge is 0.147 e. The molecule has 78 valence electrons. The number of halogens is 1. The molecule has 13 heavy (non-hydrogen) atoms. The minimum absolute atomic E-state index is 0.247. The van der Waals surface area contributed by atoms with Crippen molar-refractivity contribution in [2.24, 2.45) is 5.41 Å². The molecule has 0 amide bonds. The van der Waals surface area contributed by atoms with E-state index in [-0.39, 0.29) is 5.41 Å².